The van der Waals surface area contributed by atoms with E-state index in [1.807, 2.05) is 24.3 Å². The highest BCUT2D eigenvalue weighted by molar-refractivity contribution is 9.10. The van der Waals surface area contributed by atoms with Gasteiger partial charge in [-0.2, -0.15) is 0 Å². The first kappa shape index (κ1) is 16.4. The predicted molar refractivity (Wildman–Crippen MR) is 92.6 cm³/mol. The fourth-order valence-electron chi connectivity index (χ4n) is 2.75. The maximum absolute atomic E-state index is 12.4. The lowest BCUT2D eigenvalue weighted by Crippen LogP contribution is -2.27. The van der Waals surface area contributed by atoms with Crippen molar-refractivity contribution in [2.24, 2.45) is 5.73 Å². The minimum absolute atomic E-state index is 0.0144. The number of nitrogens with two attached hydrogens (primary N) is 1. The van der Waals surface area contributed by atoms with Crippen LogP contribution in [0, 0.1) is 0 Å². The number of benzene rings is 2. The lowest BCUT2D eigenvalue weighted by molar-refractivity contribution is -0.139. The second-order valence-electron chi connectivity index (χ2n) is 5.31. The fourth-order valence-corrected chi connectivity index (χ4v) is 3.01. The van der Waals surface area contributed by atoms with Gasteiger partial charge in [0.1, 0.15) is 17.1 Å². The number of ether oxygens (including phenoxy) is 2. The molecule has 1 aliphatic rings. The summed E-state index contributed by atoms with van der Waals surface area (Å²) in [5, 5.41) is 9.69. The van der Waals surface area contributed by atoms with Gasteiger partial charge in [0.25, 0.3) is 0 Å². The molecule has 1 aliphatic heterocycles. The number of carbonyl (C=O) groups excluding carboxylic acids is 1. The highest BCUT2D eigenvalue weighted by atomic mass is 79.9. The highest BCUT2D eigenvalue weighted by Gasteiger charge is 2.35. The van der Waals surface area contributed by atoms with Crippen LogP contribution in [-0.2, 0) is 9.53 Å². The van der Waals surface area contributed by atoms with Crippen LogP contribution in [0.25, 0.3) is 0 Å². The second-order valence-corrected chi connectivity index (χ2v) is 6.22. The first-order valence-electron chi connectivity index (χ1n) is 7.44. The van der Waals surface area contributed by atoms with Crippen LogP contribution >= 0.6 is 15.9 Å². The Bertz CT molecular complexity index is 814. The average molecular weight is 390 g/mol. The molecule has 1 atom stereocenters. The molecule has 6 heteroatoms. The van der Waals surface area contributed by atoms with E-state index in [-0.39, 0.29) is 23.8 Å². The summed E-state index contributed by atoms with van der Waals surface area (Å²) >= 11 is 3.41. The van der Waals surface area contributed by atoms with E-state index in [2.05, 4.69) is 15.9 Å². The zero-order valence-corrected chi connectivity index (χ0v) is 14.5. The van der Waals surface area contributed by atoms with E-state index < -0.39 is 11.9 Å². The standard InChI is InChI=1S/C18H16BrNO4/c1-2-23-18(22)16-15(10-3-5-11(19)6-4-10)13-8-7-12(21)9-14(13)24-17(16)20/h3-9,15,21H,2,20H2,1H3/t15-/m1/s1. The summed E-state index contributed by atoms with van der Waals surface area (Å²) in [6.45, 7) is 1.98. The molecule has 24 heavy (non-hydrogen) atoms. The van der Waals surface area contributed by atoms with Crippen LogP contribution in [0.2, 0.25) is 0 Å². The van der Waals surface area contributed by atoms with Crippen LogP contribution in [0.1, 0.15) is 24.0 Å². The summed E-state index contributed by atoms with van der Waals surface area (Å²) in [4.78, 5) is 12.4. The summed E-state index contributed by atoms with van der Waals surface area (Å²) in [6.07, 6.45) is 0. The van der Waals surface area contributed by atoms with Gasteiger partial charge in [-0.1, -0.05) is 34.1 Å². The van der Waals surface area contributed by atoms with Gasteiger partial charge in [0.15, 0.2) is 0 Å². The van der Waals surface area contributed by atoms with Gasteiger partial charge < -0.3 is 20.3 Å². The van der Waals surface area contributed by atoms with Crippen LogP contribution in [0.3, 0.4) is 0 Å². The summed E-state index contributed by atoms with van der Waals surface area (Å²) < 4.78 is 11.6. The first-order valence-corrected chi connectivity index (χ1v) is 8.23. The molecule has 5 nitrogen and oxygen atoms in total. The number of hydrogen-bond acceptors (Lipinski definition) is 5. The van der Waals surface area contributed by atoms with Crippen molar-refractivity contribution in [3.8, 4) is 11.5 Å². The van der Waals surface area contributed by atoms with Crippen molar-refractivity contribution in [3.05, 3.63) is 69.5 Å². The van der Waals surface area contributed by atoms with Crippen molar-refractivity contribution in [2.75, 3.05) is 6.61 Å². The quantitative estimate of drug-likeness (QED) is 0.785. The van der Waals surface area contributed by atoms with Gasteiger partial charge in [0, 0.05) is 16.1 Å². The van der Waals surface area contributed by atoms with Crippen molar-refractivity contribution in [3.63, 3.8) is 0 Å². The maximum atomic E-state index is 12.4. The summed E-state index contributed by atoms with van der Waals surface area (Å²) in [7, 11) is 0. The van der Waals surface area contributed by atoms with Crippen LogP contribution < -0.4 is 10.5 Å². The van der Waals surface area contributed by atoms with Crippen molar-refractivity contribution < 1.29 is 19.4 Å². The smallest absolute Gasteiger partial charge is 0.340 e. The molecule has 2 aromatic carbocycles. The minimum Gasteiger partial charge on any atom is -0.508 e. The maximum Gasteiger partial charge on any atom is 0.340 e. The molecule has 2 aromatic rings. The molecule has 0 aromatic heterocycles. The van der Waals surface area contributed by atoms with Crippen molar-refractivity contribution >= 4 is 21.9 Å². The van der Waals surface area contributed by atoms with Crippen LogP contribution in [-0.4, -0.2) is 17.7 Å². The molecular weight excluding hydrogens is 374 g/mol. The normalized spacial score (nSPS) is 16.3. The topological polar surface area (TPSA) is 81.8 Å². The summed E-state index contributed by atoms with van der Waals surface area (Å²) in [6, 6.07) is 12.4. The zero-order chi connectivity index (χ0) is 17.3. The predicted octanol–water partition coefficient (Wildman–Crippen LogP) is 3.41. The number of fused-ring (bicyclic) bond motifs is 1. The van der Waals surface area contributed by atoms with Crippen molar-refractivity contribution in [1.82, 2.24) is 0 Å². The Morgan fingerprint density at radius 1 is 1.29 bits per heavy atom. The van der Waals surface area contributed by atoms with E-state index in [4.69, 9.17) is 15.2 Å². The summed E-state index contributed by atoms with van der Waals surface area (Å²) in [5.41, 5.74) is 7.88. The van der Waals surface area contributed by atoms with E-state index in [0.29, 0.717) is 5.75 Å². The molecule has 0 unspecified atom stereocenters. The molecular formula is C18H16BrNO4. The third kappa shape index (κ3) is 2.97. The molecule has 1 heterocycles. The zero-order valence-electron chi connectivity index (χ0n) is 13.0. The van der Waals surface area contributed by atoms with E-state index in [1.165, 1.54) is 6.07 Å². The SMILES string of the molecule is CCOC(=O)C1=C(N)Oc2cc(O)ccc2[C@H]1c1ccc(Br)cc1. The van der Waals surface area contributed by atoms with Crippen LogP contribution in [0.5, 0.6) is 11.5 Å². The van der Waals surface area contributed by atoms with Gasteiger partial charge in [0.05, 0.1) is 12.5 Å². The Kier molecular flexibility index (Phi) is 4.49. The molecule has 0 bridgehead atoms. The number of phenols is 1. The second kappa shape index (κ2) is 6.57. The molecule has 3 rings (SSSR count). The first-order chi connectivity index (χ1) is 11.5. The largest absolute Gasteiger partial charge is 0.508 e. The van der Waals surface area contributed by atoms with Gasteiger partial charge in [-0.15, -0.1) is 0 Å². The lowest BCUT2D eigenvalue weighted by atomic mass is 9.83. The average Bonchev–Trinajstić information content (AvgIpc) is 2.54. The minimum atomic E-state index is -0.512. The number of halogens is 1. The number of aromatic hydroxyl groups is 1. The van der Waals surface area contributed by atoms with Crippen molar-refractivity contribution in [1.29, 1.82) is 0 Å². The molecule has 0 spiro atoms. The molecule has 0 aliphatic carbocycles. The Labute approximate surface area is 147 Å². The van der Waals surface area contributed by atoms with Crippen molar-refractivity contribution in [2.45, 2.75) is 12.8 Å². The van der Waals surface area contributed by atoms with E-state index in [9.17, 15) is 9.90 Å². The van der Waals surface area contributed by atoms with Crippen LogP contribution in [0.4, 0.5) is 0 Å². The summed E-state index contributed by atoms with van der Waals surface area (Å²) in [5.74, 6) is -0.466. The van der Waals surface area contributed by atoms with Gasteiger partial charge in [0.2, 0.25) is 5.88 Å². The molecule has 0 saturated carbocycles. The Hall–Kier alpha value is -2.47. The lowest BCUT2D eigenvalue weighted by Gasteiger charge is -2.28. The Balaban J connectivity index is 2.18. The third-order valence-corrected chi connectivity index (χ3v) is 4.31. The highest BCUT2D eigenvalue weighted by Crippen LogP contribution is 2.44. The number of hydrogen-bond donors (Lipinski definition) is 2. The molecule has 124 valence electrons. The number of rotatable bonds is 3. The number of carbonyl (C=O) groups is 1. The molecule has 0 amide bonds. The van der Waals surface area contributed by atoms with Gasteiger partial charge >= 0.3 is 5.97 Å². The molecule has 0 saturated heterocycles. The van der Waals surface area contributed by atoms with Gasteiger partial charge in [-0.05, 0) is 30.7 Å². The van der Waals surface area contributed by atoms with E-state index >= 15 is 0 Å². The number of phenolic OH excluding ortho intramolecular Hbond substituents is 1. The van der Waals surface area contributed by atoms with Gasteiger partial charge in [-0.3, -0.25) is 0 Å². The Morgan fingerprint density at radius 3 is 2.67 bits per heavy atom. The van der Waals surface area contributed by atoms with Crippen LogP contribution in [0.15, 0.2) is 58.4 Å². The number of esters is 1. The molecule has 0 fully saturated rings. The third-order valence-electron chi connectivity index (χ3n) is 3.78. The monoisotopic (exact) mass is 389 g/mol. The molecule has 0 radical (unpaired) electrons. The van der Waals surface area contributed by atoms with E-state index in [0.717, 1.165) is 15.6 Å². The fraction of sp³-hybridized carbons (Fsp3) is 0.167. The van der Waals surface area contributed by atoms with E-state index in [1.54, 1.807) is 19.1 Å². The molecule has 3 N–H and O–H groups in total. The Morgan fingerprint density at radius 2 is 2.00 bits per heavy atom. The van der Waals surface area contributed by atoms with Gasteiger partial charge in [-0.25, -0.2) is 4.79 Å².